The molecule has 0 aromatic heterocycles. The van der Waals surface area contributed by atoms with E-state index in [0.29, 0.717) is 22.2 Å². The fraction of sp³-hybridized carbons (Fsp3) is 0.263. The van der Waals surface area contributed by atoms with E-state index >= 15 is 0 Å². The van der Waals surface area contributed by atoms with Crippen LogP contribution in [-0.4, -0.2) is 17.9 Å². The highest BCUT2D eigenvalue weighted by atomic mass is 35.5. The van der Waals surface area contributed by atoms with Crippen LogP contribution in [0.2, 0.25) is 10.0 Å². The molecule has 0 radical (unpaired) electrons. The fourth-order valence-corrected chi connectivity index (χ4v) is 2.76. The highest BCUT2D eigenvalue weighted by Crippen LogP contribution is 2.16. The molecule has 0 saturated heterocycles. The van der Waals surface area contributed by atoms with Gasteiger partial charge >= 0.3 is 0 Å². The Labute approximate surface area is 157 Å². The summed E-state index contributed by atoms with van der Waals surface area (Å²) in [5.74, 6) is -0.731. The van der Waals surface area contributed by atoms with Crippen LogP contribution in [0, 0.1) is 5.92 Å². The van der Waals surface area contributed by atoms with Gasteiger partial charge in [0.15, 0.2) is 0 Å². The first-order chi connectivity index (χ1) is 11.9. The molecule has 2 aromatic carbocycles. The van der Waals surface area contributed by atoms with E-state index in [2.05, 4.69) is 10.6 Å². The number of hydrogen-bond donors (Lipinski definition) is 2. The summed E-state index contributed by atoms with van der Waals surface area (Å²) in [4.78, 5) is 24.9. The third-order valence-corrected chi connectivity index (χ3v) is 4.46. The number of amides is 2. The van der Waals surface area contributed by atoms with Gasteiger partial charge in [-0.15, -0.1) is 0 Å². The van der Waals surface area contributed by atoms with E-state index < -0.39 is 6.04 Å². The molecule has 0 spiro atoms. The Bertz CT molecular complexity index is 763. The van der Waals surface area contributed by atoms with Crippen LogP contribution in [-0.2, 0) is 11.3 Å². The van der Waals surface area contributed by atoms with Gasteiger partial charge in [0.25, 0.3) is 5.91 Å². The SMILES string of the molecule is CC(C)C(NC(=O)c1ccccc1Cl)C(=O)NCc1ccccc1Cl. The third kappa shape index (κ3) is 5.21. The zero-order valence-electron chi connectivity index (χ0n) is 14.1. The summed E-state index contributed by atoms with van der Waals surface area (Å²) in [6, 6.07) is 13.3. The fourth-order valence-electron chi connectivity index (χ4n) is 2.33. The lowest BCUT2D eigenvalue weighted by Gasteiger charge is -2.22. The molecule has 0 aliphatic carbocycles. The van der Waals surface area contributed by atoms with E-state index in [1.54, 1.807) is 30.3 Å². The minimum atomic E-state index is -0.675. The van der Waals surface area contributed by atoms with Crippen LogP contribution in [0.25, 0.3) is 0 Å². The van der Waals surface area contributed by atoms with E-state index in [-0.39, 0.29) is 17.7 Å². The van der Waals surface area contributed by atoms with Gasteiger partial charge in [-0.25, -0.2) is 0 Å². The average molecular weight is 379 g/mol. The molecule has 2 amide bonds. The molecule has 0 aliphatic heterocycles. The van der Waals surface area contributed by atoms with Gasteiger partial charge < -0.3 is 10.6 Å². The van der Waals surface area contributed by atoms with Crippen LogP contribution in [0.5, 0.6) is 0 Å². The second-order valence-electron chi connectivity index (χ2n) is 5.98. The summed E-state index contributed by atoms with van der Waals surface area (Å²) < 4.78 is 0. The molecule has 0 saturated carbocycles. The molecule has 0 bridgehead atoms. The van der Waals surface area contributed by atoms with E-state index in [0.717, 1.165) is 5.56 Å². The lowest BCUT2D eigenvalue weighted by atomic mass is 10.0. The summed E-state index contributed by atoms with van der Waals surface area (Å²) in [6.45, 7) is 4.03. The van der Waals surface area contributed by atoms with Crippen molar-refractivity contribution in [2.24, 2.45) is 5.92 Å². The number of benzene rings is 2. The lowest BCUT2D eigenvalue weighted by molar-refractivity contribution is -0.124. The molecule has 2 N–H and O–H groups in total. The average Bonchev–Trinajstić information content (AvgIpc) is 2.58. The maximum Gasteiger partial charge on any atom is 0.253 e. The maximum atomic E-state index is 12.5. The van der Waals surface area contributed by atoms with Crippen LogP contribution in [0.3, 0.4) is 0 Å². The smallest absolute Gasteiger partial charge is 0.253 e. The Kier molecular flexibility index (Phi) is 6.85. The van der Waals surface area contributed by atoms with Crippen molar-refractivity contribution in [2.75, 3.05) is 0 Å². The van der Waals surface area contributed by atoms with Crippen molar-refractivity contribution in [1.29, 1.82) is 0 Å². The van der Waals surface area contributed by atoms with Crippen LogP contribution in [0.4, 0.5) is 0 Å². The first-order valence-corrected chi connectivity index (χ1v) is 8.72. The minimum absolute atomic E-state index is 0.0855. The Balaban J connectivity index is 2.04. The van der Waals surface area contributed by atoms with Crippen molar-refractivity contribution in [2.45, 2.75) is 26.4 Å². The predicted octanol–water partition coefficient (Wildman–Crippen LogP) is 4.06. The van der Waals surface area contributed by atoms with Gasteiger partial charge in [0, 0.05) is 11.6 Å². The van der Waals surface area contributed by atoms with Gasteiger partial charge in [0.1, 0.15) is 6.04 Å². The summed E-state index contributed by atoms with van der Waals surface area (Å²) in [6.07, 6.45) is 0. The Hall–Kier alpha value is -2.04. The lowest BCUT2D eigenvalue weighted by Crippen LogP contribution is -2.49. The number of hydrogen-bond acceptors (Lipinski definition) is 2. The molecule has 132 valence electrons. The summed E-state index contributed by atoms with van der Waals surface area (Å²) in [5.41, 5.74) is 1.16. The third-order valence-electron chi connectivity index (χ3n) is 3.77. The van der Waals surface area contributed by atoms with Gasteiger partial charge in [-0.1, -0.05) is 67.4 Å². The number of nitrogens with one attached hydrogen (secondary N) is 2. The quantitative estimate of drug-likeness (QED) is 0.795. The summed E-state index contributed by atoms with van der Waals surface area (Å²) in [7, 11) is 0. The number of carbonyl (C=O) groups is 2. The molecule has 2 aromatic rings. The zero-order chi connectivity index (χ0) is 18.4. The Morgan fingerprint density at radius 1 is 0.960 bits per heavy atom. The normalized spacial score (nSPS) is 11.9. The van der Waals surface area contributed by atoms with Crippen molar-refractivity contribution >= 4 is 35.0 Å². The Morgan fingerprint density at radius 3 is 2.16 bits per heavy atom. The van der Waals surface area contributed by atoms with E-state index in [4.69, 9.17) is 23.2 Å². The van der Waals surface area contributed by atoms with Crippen LogP contribution in [0.15, 0.2) is 48.5 Å². The van der Waals surface area contributed by atoms with Crippen molar-refractivity contribution in [1.82, 2.24) is 10.6 Å². The standard InChI is InChI=1S/C19H20Cl2N2O2/c1-12(2)17(23-18(24)14-8-4-6-10-16(14)21)19(25)22-11-13-7-3-5-9-15(13)20/h3-10,12,17H,11H2,1-2H3,(H,22,25)(H,23,24). The molecule has 25 heavy (non-hydrogen) atoms. The van der Waals surface area contributed by atoms with Crippen LogP contribution >= 0.6 is 23.2 Å². The van der Waals surface area contributed by atoms with Gasteiger partial charge in [-0.3, -0.25) is 9.59 Å². The number of rotatable bonds is 6. The summed E-state index contributed by atoms with van der Waals surface area (Å²) >= 11 is 12.1. The van der Waals surface area contributed by atoms with Crippen molar-refractivity contribution in [3.05, 3.63) is 69.7 Å². The first-order valence-electron chi connectivity index (χ1n) is 7.96. The van der Waals surface area contributed by atoms with Gasteiger partial charge in [-0.2, -0.15) is 0 Å². The van der Waals surface area contributed by atoms with Crippen LogP contribution < -0.4 is 10.6 Å². The van der Waals surface area contributed by atoms with E-state index in [9.17, 15) is 9.59 Å². The molecule has 1 unspecified atom stereocenters. The predicted molar refractivity (Wildman–Crippen MR) is 101 cm³/mol. The van der Waals surface area contributed by atoms with Crippen LogP contribution in [0.1, 0.15) is 29.8 Å². The van der Waals surface area contributed by atoms with E-state index in [1.807, 2.05) is 32.0 Å². The summed E-state index contributed by atoms with van der Waals surface area (Å²) in [5, 5.41) is 6.51. The van der Waals surface area contributed by atoms with E-state index in [1.165, 1.54) is 0 Å². The topological polar surface area (TPSA) is 58.2 Å². The molecule has 2 rings (SSSR count). The number of carbonyl (C=O) groups excluding carboxylic acids is 2. The molecule has 1 atom stereocenters. The second kappa shape index (κ2) is 8.88. The molecule has 0 aliphatic rings. The molecule has 6 heteroatoms. The molecule has 0 fully saturated rings. The van der Waals surface area contributed by atoms with Crippen molar-refractivity contribution in [3.8, 4) is 0 Å². The number of halogens is 2. The highest BCUT2D eigenvalue weighted by molar-refractivity contribution is 6.33. The second-order valence-corrected chi connectivity index (χ2v) is 6.80. The van der Waals surface area contributed by atoms with Crippen molar-refractivity contribution < 1.29 is 9.59 Å². The monoisotopic (exact) mass is 378 g/mol. The van der Waals surface area contributed by atoms with Gasteiger partial charge in [-0.05, 0) is 29.7 Å². The minimum Gasteiger partial charge on any atom is -0.350 e. The largest absolute Gasteiger partial charge is 0.350 e. The molecular weight excluding hydrogens is 359 g/mol. The van der Waals surface area contributed by atoms with Crippen molar-refractivity contribution in [3.63, 3.8) is 0 Å². The Morgan fingerprint density at radius 2 is 1.56 bits per heavy atom. The molecule has 0 heterocycles. The molecule has 4 nitrogen and oxygen atoms in total. The molecular formula is C19H20Cl2N2O2. The first kappa shape index (κ1) is 19.3. The van der Waals surface area contributed by atoms with Gasteiger partial charge in [0.05, 0.1) is 10.6 Å². The maximum absolute atomic E-state index is 12.5. The van der Waals surface area contributed by atoms with Gasteiger partial charge in [0.2, 0.25) is 5.91 Å². The zero-order valence-corrected chi connectivity index (χ0v) is 15.6. The highest BCUT2D eigenvalue weighted by Gasteiger charge is 2.25.